The van der Waals surface area contributed by atoms with E-state index in [1.165, 1.54) is 12.7 Å². The van der Waals surface area contributed by atoms with E-state index in [2.05, 4.69) is 5.32 Å². The molecule has 0 heterocycles. The molecule has 1 saturated carbocycles. The number of hydrogen-bond acceptors (Lipinski definition) is 3. The van der Waals surface area contributed by atoms with Crippen LogP contribution in [-0.2, 0) is 9.53 Å². The highest BCUT2D eigenvalue weighted by Crippen LogP contribution is 2.34. The average Bonchev–Trinajstić information content (AvgIpc) is 3.11. The van der Waals surface area contributed by atoms with Crippen molar-refractivity contribution in [2.45, 2.75) is 25.8 Å². The van der Waals surface area contributed by atoms with Crippen molar-refractivity contribution in [1.82, 2.24) is 0 Å². The number of carbonyl (C=O) groups is 1. The lowest BCUT2D eigenvalue weighted by molar-refractivity contribution is -0.142. The van der Waals surface area contributed by atoms with Crippen LogP contribution in [0, 0.1) is 12.8 Å². The lowest BCUT2D eigenvalue weighted by atomic mass is 10.1. The number of anilines is 1. The summed E-state index contributed by atoms with van der Waals surface area (Å²) in [7, 11) is 1.44. The fraction of sp³-hybridized carbons (Fsp3) is 0.462. The number of aryl methyl sites for hydroxylation is 1. The molecule has 1 fully saturated rings. The van der Waals surface area contributed by atoms with Gasteiger partial charge in [-0.2, -0.15) is 0 Å². The molecule has 0 bridgehead atoms. The molecule has 1 aromatic carbocycles. The van der Waals surface area contributed by atoms with E-state index in [-0.39, 0.29) is 12.0 Å². The molecule has 0 aliphatic heterocycles. The van der Waals surface area contributed by atoms with Gasteiger partial charge in [0.2, 0.25) is 0 Å². The minimum absolute atomic E-state index is 0.164. The normalized spacial score (nSPS) is 16.6. The summed E-state index contributed by atoms with van der Waals surface area (Å²) < 4.78 is 4.81. The van der Waals surface area contributed by atoms with Crippen LogP contribution in [0.4, 0.5) is 5.69 Å². The Labute approximate surface area is 95.8 Å². The monoisotopic (exact) mass is 219 g/mol. The summed E-state index contributed by atoms with van der Waals surface area (Å²) in [6.07, 6.45) is 2.22. The summed E-state index contributed by atoms with van der Waals surface area (Å²) in [6.45, 7) is 2.04. The average molecular weight is 219 g/mol. The van der Waals surface area contributed by atoms with E-state index in [4.69, 9.17) is 4.74 Å². The van der Waals surface area contributed by atoms with Crippen molar-refractivity contribution in [2.24, 2.45) is 5.92 Å². The Morgan fingerprint density at radius 3 is 2.50 bits per heavy atom. The molecular weight excluding hydrogens is 202 g/mol. The Morgan fingerprint density at radius 2 is 2.00 bits per heavy atom. The first kappa shape index (κ1) is 11.0. The number of carbonyl (C=O) groups excluding carboxylic acids is 1. The van der Waals surface area contributed by atoms with Crippen molar-refractivity contribution in [3.8, 4) is 0 Å². The molecule has 1 atom stereocenters. The van der Waals surface area contributed by atoms with Gasteiger partial charge in [-0.3, -0.25) is 0 Å². The van der Waals surface area contributed by atoms with Crippen LogP contribution < -0.4 is 5.32 Å². The molecule has 1 unspecified atom stereocenters. The number of ether oxygens (including phenoxy) is 1. The SMILES string of the molecule is COC(=O)C(Nc1ccc(C)cc1)C1CC1. The molecule has 1 aliphatic rings. The third kappa shape index (κ3) is 2.54. The van der Waals surface area contributed by atoms with Gasteiger partial charge < -0.3 is 10.1 Å². The van der Waals surface area contributed by atoms with Crippen LogP contribution in [0.2, 0.25) is 0 Å². The van der Waals surface area contributed by atoms with Gasteiger partial charge in [0.05, 0.1) is 7.11 Å². The molecule has 0 saturated heterocycles. The molecule has 1 aromatic rings. The second-order valence-corrected chi connectivity index (χ2v) is 4.35. The molecule has 16 heavy (non-hydrogen) atoms. The molecule has 3 heteroatoms. The van der Waals surface area contributed by atoms with Crippen LogP contribution in [0.15, 0.2) is 24.3 Å². The van der Waals surface area contributed by atoms with Gasteiger partial charge in [0.25, 0.3) is 0 Å². The first-order chi connectivity index (χ1) is 7.70. The van der Waals surface area contributed by atoms with Crippen molar-refractivity contribution >= 4 is 11.7 Å². The van der Waals surface area contributed by atoms with Crippen molar-refractivity contribution < 1.29 is 9.53 Å². The Bertz CT molecular complexity index is 368. The van der Waals surface area contributed by atoms with E-state index in [1.54, 1.807) is 0 Å². The number of esters is 1. The van der Waals surface area contributed by atoms with Gasteiger partial charge in [0.1, 0.15) is 6.04 Å². The molecule has 0 spiro atoms. The van der Waals surface area contributed by atoms with Crippen LogP contribution in [0.3, 0.4) is 0 Å². The predicted molar refractivity (Wildman–Crippen MR) is 63.3 cm³/mol. The third-order valence-corrected chi connectivity index (χ3v) is 2.92. The third-order valence-electron chi connectivity index (χ3n) is 2.92. The van der Waals surface area contributed by atoms with E-state index in [0.717, 1.165) is 18.5 Å². The summed E-state index contributed by atoms with van der Waals surface area (Å²) >= 11 is 0. The Morgan fingerprint density at radius 1 is 1.38 bits per heavy atom. The number of methoxy groups -OCH3 is 1. The van der Waals surface area contributed by atoms with E-state index in [1.807, 2.05) is 31.2 Å². The van der Waals surface area contributed by atoms with Gasteiger partial charge >= 0.3 is 5.97 Å². The number of rotatable bonds is 4. The fourth-order valence-electron chi connectivity index (χ4n) is 1.76. The number of nitrogens with one attached hydrogen (secondary N) is 1. The van der Waals surface area contributed by atoms with Gasteiger partial charge in [-0.05, 0) is 37.8 Å². The zero-order valence-corrected chi connectivity index (χ0v) is 9.69. The van der Waals surface area contributed by atoms with Gasteiger partial charge in [-0.25, -0.2) is 4.79 Å². The van der Waals surface area contributed by atoms with Crippen molar-refractivity contribution in [3.05, 3.63) is 29.8 Å². The topological polar surface area (TPSA) is 38.3 Å². The second-order valence-electron chi connectivity index (χ2n) is 4.35. The van der Waals surface area contributed by atoms with Gasteiger partial charge in [-0.1, -0.05) is 17.7 Å². The maximum Gasteiger partial charge on any atom is 0.328 e. The highest BCUT2D eigenvalue weighted by Gasteiger charge is 2.36. The zero-order valence-electron chi connectivity index (χ0n) is 9.69. The van der Waals surface area contributed by atoms with Crippen molar-refractivity contribution in [2.75, 3.05) is 12.4 Å². The lowest BCUT2D eigenvalue weighted by Gasteiger charge is -2.17. The van der Waals surface area contributed by atoms with Crippen molar-refractivity contribution in [3.63, 3.8) is 0 Å². The van der Waals surface area contributed by atoms with E-state index in [9.17, 15) is 4.79 Å². The molecular formula is C13H17NO2. The van der Waals surface area contributed by atoms with Gasteiger partial charge in [0, 0.05) is 5.69 Å². The second kappa shape index (κ2) is 4.56. The van der Waals surface area contributed by atoms with E-state index >= 15 is 0 Å². The smallest absolute Gasteiger partial charge is 0.328 e. The summed E-state index contributed by atoms with van der Waals surface area (Å²) in [5.41, 5.74) is 2.19. The van der Waals surface area contributed by atoms with Crippen LogP contribution in [0.25, 0.3) is 0 Å². The maximum absolute atomic E-state index is 11.6. The summed E-state index contributed by atoms with van der Waals surface area (Å²) in [5, 5.41) is 3.24. The number of hydrogen-bond donors (Lipinski definition) is 1. The minimum atomic E-state index is -0.187. The van der Waals surface area contributed by atoms with E-state index in [0.29, 0.717) is 5.92 Å². The summed E-state index contributed by atoms with van der Waals surface area (Å²) in [4.78, 5) is 11.6. The van der Waals surface area contributed by atoms with E-state index < -0.39 is 0 Å². The molecule has 0 amide bonds. The molecule has 3 nitrogen and oxygen atoms in total. The number of benzene rings is 1. The largest absolute Gasteiger partial charge is 0.467 e. The van der Waals surface area contributed by atoms with Crippen LogP contribution >= 0.6 is 0 Å². The quantitative estimate of drug-likeness (QED) is 0.790. The Kier molecular flexibility index (Phi) is 3.13. The van der Waals surface area contributed by atoms with Gasteiger partial charge in [-0.15, -0.1) is 0 Å². The highest BCUT2D eigenvalue weighted by atomic mass is 16.5. The maximum atomic E-state index is 11.6. The van der Waals surface area contributed by atoms with Gasteiger partial charge in [0.15, 0.2) is 0 Å². The molecule has 86 valence electrons. The molecule has 0 aromatic heterocycles. The highest BCUT2D eigenvalue weighted by molar-refractivity contribution is 5.80. The Hall–Kier alpha value is -1.51. The fourth-order valence-corrected chi connectivity index (χ4v) is 1.76. The minimum Gasteiger partial charge on any atom is -0.467 e. The first-order valence-corrected chi connectivity index (χ1v) is 5.62. The molecule has 0 radical (unpaired) electrons. The van der Waals surface area contributed by atoms with Crippen LogP contribution in [0.1, 0.15) is 18.4 Å². The van der Waals surface area contributed by atoms with Crippen LogP contribution in [0.5, 0.6) is 0 Å². The summed E-state index contributed by atoms with van der Waals surface area (Å²) in [5.74, 6) is 0.275. The lowest BCUT2D eigenvalue weighted by Crippen LogP contribution is -2.32. The molecule has 2 rings (SSSR count). The molecule has 1 aliphatic carbocycles. The standard InChI is InChI=1S/C13H17NO2/c1-9-3-7-11(8-4-9)14-12(10-5-6-10)13(15)16-2/h3-4,7-8,10,12,14H,5-6H2,1-2H3. The Balaban J connectivity index is 2.05. The summed E-state index contributed by atoms with van der Waals surface area (Å²) in [6, 6.07) is 7.86. The zero-order chi connectivity index (χ0) is 11.5. The van der Waals surface area contributed by atoms with Crippen LogP contribution in [-0.4, -0.2) is 19.1 Å². The van der Waals surface area contributed by atoms with Crippen molar-refractivity contribution in [1.29, 1.82) is 0 Å². The predicted octanol–water partition coefficient (Wildman–Crippen LogP) is 2.36. The molecule has 1 N–H and O–H groups in total. The first-order valence-electron chi connectivity index (χ1n) is 5.62.